The highest BCUT2D eigenvalue weighted by Gasteiger charge is 2.46. The van der Waals surface area contributed by atoms with Crippen molar-refractivity contribution in [3.63, 3.8) is 0 Å². The lowest BCUT2D eigenvalue weighted by atomic mass is 9.94. The molecule has 1 N–H and O–H groups in total. The van der Waals surface area contributed by atoms with Crippen LogP contribution in [0.25, 0.3) is 5.76 Å². The van der Waals surface area contributed by atoms with E-state index in [0.29, 0.717) is 73.6 Å². The number of aliphatic hydroxyl groups is 1. The monoisotopic (exact) mass is 524 g/mol. The van der Waals surface area contributed by atoms with Gasteiger partial charge in [-0.3, -0.25) is 9.59 Å². The molecular formula is C29H36N2O7. The number of likely N-dealkylation sites (tertiary alicyclic amines) is 1. The van der Waals surface area contributed by atoms with Gasteiger partial charge in [0.2, 0.25) is 0 Å². The van der Waals surface area contributed by atoms with Crippen LogP contribution in [-0.2, 0) is 9.59 Å². The largest absolute Gasteiger partial charge is 0.507 e. The molecule has 204 valence electrons. The first kappa shape index (κ1) is 27.3. The average Bonchev–Trinajstić information content (AvgIpc) is 3.17. The number of ether oxygens (including phenoxy) is 4. The molecule has 38 heavy (non-hydrogen) atoms. The number of hydrogen-bond donors (Lipinski definition) is 1. The van der Waals surface area contributed by atoms with Crippen molar-refractivity contribution in [1.82, 2.24) is 9.80 Å². The van der Waals surface area contributed by atoms with Crippen LogP contribution in [0.15, 0.2) is 42.0 Å². The summed E-state index contributed by atoms with van der Waals surface area (Å²) >= 11 is 0. The summed E-state index contributed by atoms with van der Waals surface area (Å²) in [5, 5.41) is 11.4. The number of benzene rings is 2. The standard InChI is InChI=1S/C29H36N2O7/c1-5-7-14-36-21-10-8-19(17-23(21)35-6-2)26-25(28(33)29(34)31(26)13-12-30(3)4)27(32)20-9-11-22-24(18-20)38-16-15-37-22/h8-11,17-18,26,32H,5-7,12-16H2,1-4H3/t26-/m0/s1. The number of fused-ring (bicyclic) bond motifs is 1. The maximum absolute atomic E-state index is 13.4. The summed E-state index contributed by atoms with van der Waals surface area (Å²) in [4.78, 5) is 30.1. The minimum absolute atomic E-state index is 0.0209. The Morgan fingerprint density at radius 2 is 1.79 bits per heavy atom. The van der Waals surface area contributed by atoms with Crippen molar-refractivity contribution in [2.24, 2.45) is 0 Å². The number of nitrogens with zero attached hydrogens (tertiary/aromatic N) is 2. The Morgan fingerprint density at radius 1 is 1.03 bits per heavy atom. The predicted octanol–water partition coefficient (Wildman–Crippen LogP) is 4.02. The van der Waals surface area contributed by atoms with Crippen LogP contribution in [0.3, 0.4) is 0 Å². The summed E-state index contributed by atoms with van der Waals surface area (Å²) in [6.07, 6.45) is 1.91. The van der Waals surface area contributed by atoms with Crippen molar-refractivity contribution >= 4 is 17.4 Å². The third-order valence-corrected chi connectivity index (χ3v) is 6.48. The van der Waals surface area contributed by atoms with Crippen molar-refractivity contribution in [2.75, 3.05) is 53.6 Å². The zero-order valence-corrected chi connectivity index (χ0v) is 22.5. The minimum atomic E-state index is -0.799. The second kappa shape index (κ2) is 12.2. The summed E-state index contributed by atoms with van der Waals surface area (Å²) in [5.41, 5.74) is 1.04. The smallest absolute Gasteiger partial charge is 0.295 e. The number of unbranched alkanes of at least 4 members (excludes halogenated alkanes) is 1. The number of aliphatic hydroxyl groups excluding tert-OH is 1. The Kier molecular flexibility index (Phi) is 8.78. The molecule has 1 atom stereocenters. The summed E-state index contributed by atoms with van der Waals surface area (Å²) in [7, 11) is 3.80. The van der Waals surface area contributed by atoms with Gasteiger partial charge in [-0.25, -0.2) is 0 Å². The van der Waals surface area contributed by atoms with Gasteiger partial charge >= 0.3 is 0 Å². The predicted molar refractivity (Wildman–Crippen MR) is 143 cm³/mol. The van der Waals surface area contributed by atoms with Gasteiger partial charge in [0.25, 0.3) is 11.7 Å². The summed E-state index contributed by atoms with van der Waals surface area (Å²) in [6.45, 7) is 6.63. The molecule has 4 rings (SSSR count). The molecular weight excluding hydrogens is 488 g/mol. The van der Waals surface area contributed by atoms with Crippen LogP contribution >= 0.6 is 0 Å². The lowest BCUT2D eigenvalue weighted by Gasteiger charge is -2.27. The van der Waals surface area contributed by atoms with E-state index in [-0.39, 0.29) is 11.3 Å². The van der Waals surface area contributed by atoms with Gasteiger partial charge in [0.15, 0.2) is 23.0 Å². The molecule has 0 unspecified atom stereocenters. The Morgan fingerprint density at radius 3 is 2.50 bits per heavy atom. The van der Waals surface area contributed by atoms with Crippen molar-refractivity contribution in [3.8, 4) is 23.0 Å². The van der Waals surface area contributed by atoms with Crippen LogP contribution < -0.4 is 18.9 Å². The van der Waals surface area contributed by atoms with E-state index in [1.165, 1.54) is 4.90 Å². The van der Waals surface area contributed by atoms with Gasteiger partial charge < -0.3 is 33.9 Å². The highest BCUT2D eigenvalue weighted by Crippen LogP contribution is 2.43. The van der Waals surface area contributed by atoms with Crippen molar-refractivity contribution in [1.29, 1.82) is 0 Å². The summed E-state index contributed by atoms with van der Waals surface area (Å²) < 4.78 is 23.0. The second-order valence-corrected chi connectivity index (χ2v) is 9.50. The molecule has 9 heteroatoms. The van der Waals surface area contributed by atoms with Crippen molar-refractivity contribution in [3.05, 3.63) is 53.1 Å². The van der Waals surface area contributed by atoms with E-state index in [1.54, 1.807) is 30.3 Å². The van der Waals surface area contributed by atoms with Gasteiger partial charge in [-0.2, -0.15) is 0 Å². The first-order valence-corrected chi connectivity index (χ1v) is 13.1. The zero-order valence-electron chi connectivity index (χ0n) is 22.5. The van der Waals surface area contributed by atoms with E-state index >= 15 is 0 Å². The van der Waals surface area contributed by atoms with Crippen LogP contribution in [0.2, 0.25) is 0 Å². The Bertz CT molecular complexity index is 1210. The van der Waals surface area contributed by atoms with Crippen LogP contribution in [-0.4, -0.2) is 80.2 Å². The number of carbonyl (C=O) groups is 2. The van der Waals surface area contributed by atoms with Gasteiger partial charge in [0.05, 0.1) is 24.8 Å². The third kappa shape index (κ3) is 5.72. The van der Waals surface area contributed by atoms with Crippen LogP contribution in [0, 0.1) is 0 Å². The Labute approximate surface area is 223 Å². The fourth-order valence-corrected chi connectivity index (χ4v) is 4.52. The first-order valence-electron chi connectivity index (χ1n) is 13.1. The van der Waals surface area contributed by atoms with Gasteiger partial charge in [-0.1, -0.05) is 19.4 Å². The number of rotatable bonds is 11. The van der Waals surface area contributed by atoms with Crippen LogP contribution in [0.1, 0.15) is 43.9 Å². The van der Waals surface area contributed by atoms with E-state index < -0.39 is 17.7 Å². The van der Waals surface area contributed by atoms with Gasteiger partial charge in [0, 0.05) is 18.7 Å². The van der Waals surface area contributed by atoms with Crippen LogP contribution in [0.5, 0.6) is 23.0 Å². The molecule has 0 bridgehead atoms. The number of likely N-dealkylation sites (N-methyl/N-ethyl adjacent to an activating group) is 1. The molecule has 0 saturated carbocycles. The topological polar surface area (TPSA) is 97.8 Å². The van der Waals surface area contributed by atoms with E-state index in [0.717, 1.165) is 12.8 Å². The van der Waals surface area contributed by atoms with E-state index in [1.807, 2.05) is 32.0 Å². The highest BCUT2D eigenvalue weighted by atomic mass is 16.6. The van der Waals surface area contributed by atoms with E-state index in [9.17, 15) is 14.7 Å². The normalized spacial score (nSPS) is 18.2. The first-order chi connectivity index (χ1) is 18.3. The molecule has 0 aliphatic carbocycles. The molecule has 2 aliphatic heterocycles. The van der Waals surface area contributed by atoms with Gasteiger partial charge in [-0.05, 0) is 63.3 Å². The molecule has 0 aromatic heterocycles. The van der Waals surface area contributed by atoms with Crippen molar-refractivity contribution < 1.29 is 33.6 Å². The number of amides is 1. The highest BCUT2D eigenvalue weighted by molar-refractivity contribution is 6.46. The Hall–Kier alpha value is -3.72. The zero-order chi connectivity index (χ0) is 27.2. The molecule has 1 amide bonds. The molecule has 2 aromatic rings. The molecule has 2 aliphatic rings. The van der Waals surface area contributed by atoms with E-state index in [2.05, 4.69) is 6.92 Å². The maximum Gasteiger partial charge on any atom is 0.295 e. The molecule has 0 radical (unpaired) electrons. The van der Waals surface area contributed by atoms with E-state index in [4.69, 9.17) is 18.9 Å². The lowest BCUT2D eigenvalue weighted by molar-refractivity contribution is -0.140. The molecule has 1 fully saturated rings. The second-order valence-electron chi connectivity index (χ2n) is 9.50. The van der Waals surface area contributed by atoms with Crippen molar-refractivity contribution in [2.45, 2.75) is 32.7 Å². The summed E-state index contributed by atoms with van der Waals surface area (Å²) in [5.74, 6) is 0.514. The molecule has 1 saturated heterocycles. The SMILES string of the molecule is CCCCOc1ccc([C@H]2C(=C(O)c3ccc4c(c3)OCCO4)C(=O)C(=O)N2CCN(C)C)cc1OCC. The fourth-order valence-electron chi connectivity index (χ4n) is 4.52. The number of ketones is 1. The summed E-state index contributed by atoms with van der Waals surface area (Å²) in [6, 6.07) is 9.59. The molecule has 2 heterocycles. The average molecular weight is 525 g/mol. The molecule has 9 nitrogen and oxygen atoms in total. The quantitative estimate of drug-likeness (QED) is 0.204. The fraction of sp³-hybridized carbons (Fsp3) is 0.448. The Balaban J connectivity index is 1.80. The minimum Gasteiger partial charge on any atom is -0.507 e. The number of carbonyl (C=O) groups excluding carboxylic acids is 2. The number of hydrogen-bond acceptors (Lipinski definition) is 8. The molecule has 0 spiro atoms. The van der Waals surface area contributed by atoms with Gasteiger partial charge in [0.1, 0.15) is 19.0 Å². The lowest BCUT2D eigenvalue weighted by Crippen LogP contribution is -2.35. The van der Waals surface area contributed by atoms with Gasteiger partial charge in [-0.15, -0.1) is 0 Å². The number of Topliss-reactive ketones (excluding diaryl/α,β-unsaturated/α-hetero) is 1. The maximum atomic E-state index is 13.4. The molecule has 2 aromatic carbocycles. The van der Waals surface area contributed by atoms with Crippen LogP contribution in [0.4, 0.5) is 0 Å². The third-order valence-electron chi connectivity index (χ3n) is 6.48.